The van der Waals surface area contributed by atoms with Crippen molar-refractivity contribution in [2.24, 2.45) is 5.92 Å². The van der Waals surface area contributed by atoms with Crippen molar-refractivity contribution in [3.8, 4) is 0 Å². The number of amides is 2. The lowest BCUT2D eigenvalue weighted by atomic mass is 10.1. The molecule has 0 aromatic heterocycles. The molecule has 2 amide bonds. The van der Waals surface area contributed by atoms with Crippen LogP contribution >= 0.6 is 11.6 Å². The molecular weight excluding hydrogens is 304 g/mol. The Morgan fingerprint density at radius 1 is 1.45 bits per heavy atom. The summed E-state index contributed by atoms with van der Waals surface area (Å²) in [4.78, 5) is 25.8. The topological polar surface area (TPSA) is 58.6 Å². The Balaban J connectivity index is 1.81. The van der Waals surface area contributed by atoms with E-state index in [1.165, 1.54) is 0 Å². The van der Waals surface area contributed by atoms with Crippen LogP contribution in [0.1, 0.15) is 18.4 Å². The first-order valence-corrected chi connectivity index (χ1v) is 7.77. The minimum Gasteiger partial charge on any atom is -0.385 e. The summed E-state index contributed by atoms with van der Waals surface area (Å²) < 4.78 is 4.98. The highest BCUT2D eigenvalue weighted by Gasteiger charge is 2.33. The van der Waals surface area contributed by atoms with E-state index in [1.54, 1.807) is 18.1 Å². The molecule has 0 bridgehead atoms. The third-order valence-corrected chi connectivity index (χ3v) is 4.14. The molecule has 2 rings (SSSR count). The van der Waals surface area contributed by atoms with Crippen LogP contribution in [0.4, 0.5) is 0 Å². The van der Waals surface area contributed by atoms with Gasteiger partial charge in [0.2, 0.25) is 11.8 Å². The number of ether oxygens (including phenoxy) is 1. The van der Waals surface area contributed by atoms with Gasteiger partial charge in [0.25, 0.3) is 0 Å². The van der Waals surface area contributed by atoms with Crippen LogP contribution < -0.4 is 5.32 Å². The van der Waals surface area contributed by atoms with Gasteiger partial charge in [-0.2, -0.15) is 0 Å². The minimum absolute atomic E-state index is 0.0361. The Kier molecular flexibility index (Phi) is 6.21. The van der Waals surface area contributed by atoms with Crippen molar-refractivity contribution >= 4 is 23.4 Å². The van der Waals surface area contributed by atoms with Crippen molar-refractivity contribution in [2.45, 2.75) is 19.4 Å². The molecule has 6 heteroatoms. The lowest BCUT2D eigenvalue weighted by Crippen LogP contribution is -2.33. The zero-order valence-electron chi connectivity index (χ0n) is 12.7. The van der Waals surface area contributed by atoms with Crippen molar-refractivity contribution in [3.05, 3.63) is 34.9 Å². The molecule has 1 unspecified atom stereocenters. The SMILES string of the molecule is COCCCN1CC(C(=O)NCc2ccccc2Cl)CC1=O. The molecule has 1 N–H and O–H groups in total. The zero-order valence-corrected chi connectivity index (χ0v) is 13.4. The fourth-order valence-corrected chi connectivity index (χ4v) is 2.73. The Bertz CT molecular complexity index is 536. The molecule has 1 heterocycles. The summed E-state index contributed by atoms with van der Waals surface area (Å²) in [6, 6.07) is 7.39. The summed E-state index contributed by atoms with van der Waals surface area (Å²) in [5, 5.41) is 3.49. The van der Waals surface area contributed by atoms with E-state index in [-0.39, 0.29) is 24.2 Å². The Morgan fingerprint density at radius 3 is 2.95 bits per heavy atom. The average molecular weight is 325 g/mol. The number of nitrogens with one attached hydrogen (secondary N) is 1. The van der Waals surface area contributed by atoms with E-state index in [0.717, 1.165) is 12.0 Å². The van der Waals surface area contributed by atoms with Gasteiger partial charge in [-0.1, -0.05) is 29.8 Å². The molecule has 1 saturated heterocycles. The van der Waals surface area contributed by atoms with Crippen LogP contribution in [0, 0.1) is 5.92 Å². The number of carbonyl (C=O) groups excluding carboxylic acids is 2. The third-order valence-electron chi connectivity index (χ3n) is 3.77. The first kappa shape index (κ1) is 16.8. The number of benzene rings is 1. The van der Waals surface area contributed by atoms with Crippen LogP contribution in [0.25, 0.3) is 0 Å². The summed E-state index contributed by atoms with van der Waals surface area (Å²) in [6.45, 7) is 2.12. The molecule has 1 fully saturated rings. The maximum atomic E-state index is 12.2. The standard InChI is InChI=1S/C16H21ClN2O3/c1-22-8-4-7-19-11-13(9-15(19)20)16(21)18-10-12-5-2-3-6-14(12)17/h2-3,5-6,13H,4,7-11H2,1H3,(H,18,21). The molecule has 120 valence electrons. The normalized spacial score (nSPS) is 17.8. The van der Waals surface area contributed by atoms with Gasteiger partial charge in [0.15, 0.2) is 0 Å². The average Bonchev–Trinajstić information content (AvgIpc) is 2.88. The Morgan fingerprint density at radius 2 is 2.23 bits per heavy atom. The molecule has 0 saturated carbocycles. The highest BCUT2D eigenvalue weighted by Crippen LogP contribution is 2.19. The largest absolute Gasteiger partial charge is 0.385 e. The van der Waals surface area contributed by atoms with Gasteiger partial charge < -0.3 is 15.0 Å². The molecular formula is C16H21ClN2O3. The number of likely N-dealkylation sites (tertiary alicyclic amines) is 1. The smallest absolute Gasteiger partial charge is 0.225 e. The second-order valence-corrected chi connectivity index (χ2v) is 5.80. The first-order valence-electron chi connectivity index (χ1n) is 7.39. The predicted molar refractivity (Wildman–Crippen MR) is 84.5 cm³/mol. The number of carbonyl (C=O) groups is 2. The van der Waals surface area contributed by atoms with Crippen LogP contribution in [0.5, 0.6) is 0 Å². The Hall–Kier alpha value is -1.59. The predicted octanol–water partition coefficient (Wildman–Crippen LogP) is 1.84. The van der Waals surface area contributed by atoms with Crippen LogP contribution in [-0.2, 0) is 20.9 Å². The van der Waals surface area contributed by atoms with Crippen LogP contribution in [-0.4, -0.2) is 43.5 Å². The molecule has 1 aromatic carbocycles. The number of rotatable bonds is 7. The lowest BCUT2D eigenvalue weighted by molar-refractivity contribution is -0.129. The van der Waals surface area contributed by atoms with E-state index in [1.807, 2.05) is 18.2 Å². The fourth-order valence-electron chi connectivity index (χ4n) is 2.53. The summed E-state index contributed by atoms with van der Waals surface area (Å²) in [5.74, 6) is -0.339. The molecule has 1 aliphatic rings. The van der Waals surface area contributed by atoms with Crippen molar-refractivity contribution in [2.75, 3.05) is 26.8 Å². The van der Waals surface area contributed by atoms with Crippen molar-refractivity contribution in [3.63, 3.8) is 0 Å². The molecule has 22 heavy (non-hydrogen) atoms. The fraction of sp³-hybridized carbons (Fsp3) is 0.500. The highest BCUT2D eigenvalue weighted by atomic mass is 35.5. The van der Waals surface area contributed by atoms with Crippen LogP contribution in [0.3, 0.4) is 0 Å². The number of methoxy groups -OCH3 is 1. The third kappa shape index (κ3) is 4.45. The first-order chi connectivity index (χ1) is 10.6. The molecule has 1 aliphatic heterocycles. The second kappa shape index (κ2) is 8.15. The van der Waals surface area contributed by atoms with Gasteiger partial charge in [-0.3, -0.25) is 9.59 Å². The summed E-state index contributed by atoms with van der Waals surface area (Å²) in [7, 11) is 1.64. The van der Waals surface area contributed by atoms with Crippen molar-refractivity contribution < 1.29 is 14.3 Å². The van der Waals surface area contributed by atoms with Crippen LogP contribution in [0.15, 0.2) is 24.3 Å². The molecule has 0 spiro atoms. The molecule has 0 aliphatic carbocycles. The number of nitrogens with zero attached hydrogens (tertiary/aromatic N) is 1. The van der Waals surface area contributed by atoms with Gasteiger partial charge in [0.1, 0.15) is 0 Å². The second-order valence-electron chi connectivity index (χ2n) is 5.40. The van der Waals surface area contributed by atoms with E-state index in [0.29, 0.717) is 31.3 Å². The minimum atomic E-state index is -0.280. The number of hydrogen-bond donors (Lipinski definition) is 1. The lowest BCUT2D eigenvalue weighted by Gasteiger charge is -2.16. The van der Waals surface area contributed by atoms with Crippen molar-refractivity contribution in [1.82, 2.24) is 10.2 Å². The van der Waals surface area contributed by atoms with Gasteiger partial charge in [0.05, 0.1) is 5.92 Å². The van der Waals surface area contributed by atoms with Crippen LogP contribution in [0.2, 0.25) is 5.02 Å². The summed E-state index contributed by atoms with van der Waals surface area (Å²) in [5.41, 5.74) is 0.874. The van der Waals surface area contributed by atoms with E-state index < -0.39 is 0 Å². The van der Waals surface area contributed by atoms with E-state index in [9.17, 15) is 9.59 Å². The Labute approximate surface area is 135 Å². The summed E-state index contributed by atoms with van der Waals surface area (Å²) >= 11 is 6.06. The quantitative estimate of drug-likeness (QED) is 0.779. The monoisotopic (exact) mass is 324 g/mol. The summed E-state index contributed by atoms with van der Waals surface area (Å²) in [6.07, 6.45) is 1.07. The van der Waals surface area contributed by atoms with E-state index >= 15 is 0 Å². The van der Waals surface area contributed by atoms with Gasteiger partial charge in [-0.15, -0.1) is 0 Å². The molecule has 0 radical (unpaired) electrons. The molecule has 1 aromatic rings. The maximum Gasteiger partial charge on any atom is 0.225 e. The molecule has 5 nitrogen and oxygen atoms in total. The zero-order chi connectivity index (χ0) is 15.9. The van der Waals surface area contributed by atoms with E-state index in [2.05, 4.69) is 5.32 Å². The van der Waals surface area contributed by atoms with Gasteiger partial charge >= 0.3 is 0 Å². The van der Waals surface area contributed by atoms with Gasteiger partial charge in [-0.05, 0) is 18.1 Å². The van der Waals surface area contributed by atoms with Crippen molar-refractivity contribution in [1.29, 1.82) is 0 Å². The highest BCUT2D eigenvalue weighted by molar-refractivity contribution is 6.31. The number of hydrogen-bond acceptors (Lipinski definition) is 3. The van der Waals surface area contributed by atoms with Gasteiger partial charge in [-0.25, -0.2) is 0 Å². The maximum absolute atomic E-state index is 12.2. The van der Waals surface area contributed by atoms with Gasteiger partial charge in [0, 0.05) is 44.8 Å². The van der Waals surface area contributed by atoms with E-state index in [4.69, 9.17) is 16.3 Å². The number of halogens is 1. The molecule has 1 atom stereocenters.